The van der Waals surface area contributed by atoms with Crippen LogP contribution in [0, 0.1) is 27.7 Å². The van der Waals surface area contributed by atoms with Crippen LogP contribution in [0.15, 0.2) is 30.3 Å². The van der Waals surface area contributed by atoms with E-state index in [9.17, 15) is 25.5 Å². The molecule has 31 heavy (non-hydrogen) atoms. The SMILES string of the molecule is Cc1cc(Cc2cc(C)c(O)c(CO)c2)c(O)c(Cc2cc(C)c(O)c(CO)c2)c1C. The summed E-state index contributed by atoms with van der Waals surface area (Å²) >= 11 is 0. The van der Waals surface area contributed by atoms with Crippen LogP contribution in [0.2, 0.25) is 0 Å². The zero-order valence-electron chi connectivity index (χ0n) is 18.5. The number of benzene rings is 3. The summed E-state index contributed by atoms with van der Waals surface area (Å²) in [5.74, 6) is 0.411. The molecule has 0 saturated carbocycles. The Morgan fingerprint density at radius 2 is 1.03 bits per heavy atom. The Balaban J connectivity index is 2.03. The van der Waals surface area contributed by atoms with Gasteiger partial charge in [-0.25, -0.2) is 0 Å². The van der Waals surface area contributed by atoms with Crippen LogP contribution in [-0.4, -0.2) is 25.5 Å². The maximum absolute atomic E-state index is 11.1. The van der Waals surface area contributed by atoms with Gasteiger partial charge in [0.1, 0.15) is 17.2 Å². The van der Waals surface area contributed by atoms with E-state index in [0.29, 0.717) is 35.1 Å². The van der Waals surface area contributed by atoms with Crippen molar-refractivity contribution in [3.8, 4) is 17.2 Å². The summed E-state index contributed by atoms with van der Waals surface area (Å²) in [6, 6.07) is 9.22. The molecule has 0 bridgehead atoms. The summed E-state index contributed by atoms with van der Waals surface area (Å²) in [6.07, 6.45) is 0.932. The van der Waals surface area contributed by atoms with Crippen molar-refractivity contribution in [1.29, 1.82) is 0 Å². The lowest BCUT2D eigenvalue weighted by Gasteiger charge is -2.18. The third kappa shape index (κ3) is 4.53. The maximum Gasteiger partial charge on any atom is 0.124 e. The summed E-state index contributed by atoms with van der Waals surface area (Å²) < 4.78 is 0. The van der Waals surface area contributed by atoms with Gasteiger partial charge in [0.25, 0.3) is 0 Å². The number of rotatable bonds is 6. The van der Waals surface area contributed by atoms with Gasteiger partial charge in [-0.2, -0.15) is 0 Å². The molecule has 3 aromatic rings. The predicted octanol–water partition coefficient (Wildman–Crippen LogP) is 4.20. The van der Waals surface area contributed by atoms with Crippen LogP contribution in [0.1, 0.15) is 55.6 Å². The van der Waals surface area contributed by atoms with Gasteiger partial charge in [0, 0.05) is 29.5 Å². The number of aliphatic hydroxyl groups excluding tert-OH is 2. The lowest BCUT2D eigenvalue weighted by atomic mass is 9.89. The number of phenols is 3. The van der Waals surface area contributed by atoms with Crippen LogP contribution >= 0.6 is 0 Å². The molecule has 0 spiro atoms. The Morgan fingerprint density at radius 3 is 1.52 bits per heavy atom. The zero-order chi connectivity index (χ0) is 22.9. The summed E-state index contributed by atoms with van der Waals surface area (Å²) in [5, 5.41) is 50.3. The molecule has 0 heterocycles. The van der Waals surface area contributed by atoms with Crippen molar-refractivity contribution in [3.05, 3.63) is 86.0 Å². The van der Waals surface area contributed by atoms with Crippen molar-refractivity contribution in [2.45, 2.75) is 53.8 Å². The zero-order valence-corrected chi connectivity index (χ0v) is 18.5. The Labute approximate surface area is 182 Å². The minimum atomic E-state index is -0.252. The van der Waals surface area contributed by atoms with Crippen LogP contribution in [0.5, 0.6) is 17.2 Å². The van der Waals surface area contributed by atoms with Crippen LogP contribution in [0.4, 0.5) is 0 Å². The van der Waals surface area contributed by atoms with E-state index in [-0.39, 0.29) is 30.5 Å². The molecule has 0 atom stereocenters. The maximum atomic E-state index is 11.1. The van der Waals surface area contributed by atoms with Crippen molar-refractivity contribution >= 4 is 0 Å². The molecule has 5 nitrogen and oxygen atoms in total. The number of hydrogen-bond donors (Lipinski definition) is 5. The molecular formula is C26H30O5. The molecule has 5 heteroatoms. The molecule has 0 aliphatic carbocycles. The highest BCUT2D eigenvalue weighted by atomic mass is 16.3. The van der Waals surface area contributed by atoms with E-state index in [1.165, 1.54) is 0 Å². The van der Waals surface area contributed by atoms with Crippen molar-refractivity contribution in [3.63, 3.8) is 0 Å². The van der Waals surface area contributed by atoms with E-state index in [1.54, 1.807) is 26.0 Å². The fourth-order valence-electron chi connectivity index (χ4n) is 4.13. The third-order valence-electron chi connectivity index (χ3n) is 6.02. The Morgan fingerprint density at radius 1 is 0.548 bits per heavy atom. The van der Waals surface area contributed by atoms with E-state index in [4.69, 9.17) is 0 Å². The van der Waals surface area contributed by atoms with E-state index in [0.717, 1.165) is 33.4 Å². The van der Waals surface area contributed by atoms with Gasteiger partial charge < -0.3 is 25.5 Å². The lowest BCUT2D eigenvalue weighted by molar-refractivity contribution is 0.275. The van der Waals surface area contributed by atoms with Crippen LogP contribution in [0.3, 0.4) is 0 Å². The van der Waals surface area contributed by atoms with Gasteiger partial charge in [-0.1, -0.05) is 18.2 Å². The van der Waals surface area contributed by atoms with E-state index in [1.807, 2.05) is 32.0 Å². The average molecular weight is 423 g/mol. The van der Waals surface area contributed by atoms with E-state index >= 15 is 0 Å². The fraction of sp³-hybridized carbons (Fsp3) is 0.308. The molecule has 0 radical (unpaired) electrons. The number of phenolic OH excluding ortho intramolecular Hbond substituents is 1. The molecule has 0 fully saturated rings. The summed E-state index contributed by atoms with van der Waals surface area (Å²) in [5.41, 5.74) is 7.72. The molecule has 3 rings (SSSR count). The first-order chi connectivity index (χ1) is 14.7. The Kier molecular flexibility index (Phi) is 6.58. The van der Waals surface area contributed by atoms with Crippen molar-refractivity contribution in [2.75, 3.05) is 0 Å². The van der Waals surface area contributed by atoms with E-state index < -0.39 is 0 Å². The number of aryl methyl sites for hydroxylation is 3. The van der Waals surface area contributed by atoms with Crippen LogP contribution in [0.25, 0.3) is 0 Å². The molecule has 0 aromatic heterocycles. The van der Waals surface area contributed by atoms with Gasteiger partial charge >= 0.3 is 0 Å². The van der Waals surface area contributed by atoms with Crippen molar-refractivity contribution in [1.82, 2.24) is 0 Å². The molecule has 164 valence electrons. The van der Waals surface area contributed by atoms with Crippen molar-refractivity contribution in [2.24, 2.45) is 0 Å². The first-order valence-electron chi connectivity index (χ1n) is 10.3. The topological polar surface area (TPSA) is 101 Å². The molecule has 0 aliphatic rings. The second-order valence-electron chi connectivity index (χ2n) is 8.32. The smallest absolute Gasteiger partial charge is 0.124 e. The minimum absolute atomic E-state index is 0.0960. The summed E-state index contributed by atoms with van der Waals surface area (Å²) in [6.45, 7) is 7.05. The molecule has 0 saturated heterocycles. The fourth-order valence-corrected chi connectivity index (χ4v) is 4.13. The summed E-state index contributed by atoms with van der Waals surface area (Å²) in [4.78, 5) is 0. The van der Waals surface area contributed by atoms with Gasteiger partial charge in [-0.05, 0) is 78.8 Å². The summed E-state index contributed by atoms with van der Waals surface area (Å²) in [7, 11) is 0. The first-order valence-corrected chi connectivity index (χ1v) is 10.3. The molecule has 3 aromatic carbocycles. The van der Waals surface area contributed by atoms with Gasteiger partial charge in [0.05, 0.1) is 13.2 Å². The molecule has 0 unspecified atom stereocenters. The van der Waals surface area contributed by atoms with Crippen LogP contribution < -0.4 is 0 Å². The second kappa shape index (κ2) is 9.00. The normalized spacial score (nSPS) is 11.2. The molecule has 0 aliphatic heterocycles. The predicted molar refractivity (Wildman–Crippen MR) is 121 cm³/mol. The number of hydrogen-bond acceptors (Lipinski definition) is 5. The second-order valence-corrected chi connectivity index (χ2v) is 8.32. The lowest BCUT2D eigenvalue weighted by Crippen LogP contribution is -2.02. The Hall–Kier alpha value is -3.02. The van der Waals surface area contributed by atoms with Gasteiger partial charge in [-0.3, -0.25) is 0 Å². The van der Waals surface area contributed by atoms with Gasteiger partial charge in [0.2, 0.25) is 0 Å². The average Bonchev–Trinajstić information content (AvgIpc) is 2.74. The first kappa shape index (κ1) is 22.7. The third-order valence-corrected chi connectivity index (χ3v) is 6.02. The number of aromatic hydroxyl groups is 3. The standard InChI is InChI=1S/C26H30O5/c1-14-7-20(8-18-5-15(2)24(29)21(9-18)12-27)26(31)23(17(14)4)11-19-6-16(3)25(30)22(10-19)13-28/h5-7,9-10,27-31H,8,11-13H2,1-4H3. The van der Waals surface area contributed by atoms with Crippen LogP contribution in [-0.2, 0) is 26.1 Å². The molecule has 0 amide bonds. The quantitative estimate of drug-likeness (QED) is 0.410. The van der Waals surface area contributed by atoms with Gasteiger partial charge in [-0.15, -0.1) is 0 Å². The number of aliphatic hydroxyl groups is 2. The van der Waals surface area contributed by atoms with Gasteiger partial charge in [0.15, 0.2) is 0 Å². The minimum Gasteiger partial charge on any atom is -0.507 e. The highest BCUT2D eigenvalue weighted by Crippen LogP contribution is 2.35. The monoisotopic (exact) mass is 422 g/mol. The Bertz CT molecular complexity index is 1130. The highest BCUT2D eigenvalue weighted by Gasteiger charge is 2.17. The molecular weight excluding hydrogens is 392 g/mol. The highest BCUT2D eigenvalue weighted by molar-refractivity contribution is 5.54. The largest absolute Gasteiger partial charge is 0.507 e. The molecule has 5 N–H and O–H groups in total. The van der Waals surface area contributed by atoms with E-state index in [2.05, 4.69) is 0 Å². The van der Waals surface area contributed by atoms with Crippen molar-refractivity contribution < 1.29 is 25.5 Å².